The number of rotatable bonds is 0. The number of aryl methyl sites for hydroxylation is 2. The maximum Gasteiger partial charge on any atom is 0.0139 e. The molecule has 0 N–H and O–H groups in total. The van der Waals surface area contributed by atoms with Gasteiger partial charge in [-0.2, -0.15) is 0 Å². The van der Waals surface area contributed by atoms with E-state index in [1.165, 1.54) is 37.9 Å². The fourth-order valence-electron chi connectivity index (χ4n) is 2.48. The molecular weight excluding hydrogens is 176 g/mol. The van der Waals surface area contributed by atoms with Crippen LogP contribution >= 0.6 is 11.8 Å². The SMILES string of the molecule is c1cc2c(c3c1CCCC3)SCC2. The molecule has 0 bridgehead atoms. The Kier molecular flexibility index (Phi) is 1.86. The third kappa shape index (κ3) is 1.21. The summed E-state index contributed by atoms with van der Waals surface area (Å²) in [7, 11) is 0. The minimum absolute atomic E-state index is 1.30. The number of fused-ring (bicyclic) bond motifs is 3. The zero-order valence-corrected chi connectivity index (χ0v) is 8.62. The Hall–Kier alpha value is -0.430. The van der Waals surface area contributed by atoms with Gasteiger partial charge in [-0.15, -0.1) is 11.8 Å². The lowest BCUT2D eigenvalue weighted by Crippen LogP contribution is -2.04. The molecule has 1 heteroatoms. The van der Waals surface area contributed by atoms with Crippen molar-refractivity contribution in [3.63, 3.8) is 0 Å². The van der Waals surface area contributed by atoms with Crippen LogP contribution < -0.4 is 0 Å². The smallest absolute Gasteiger partial charge is 0.0139 e. The summed E-state index contributed by atoms with van der Waals surface area (Å²) in [6.45, 7) is 0. The summed E-state index contributed by atoms with van der Waals surface area (Å²) in [5, 5.41) is 0. The topological polar surface area (TPSA) is 0 Å². The van der Waals surface area contributed by atoms with Gasteiger partial charge in [0.2, 0.25) is 0 Å². The van der Waals surface area contributed by atoms with Crippen molar-refractivity contribution in [2.75, 3.05) is 5.75 Å². The second-order valence-corrected chi connectivity index (χ2v) is 5.10. The predicted octanol–water partition coefficient (Wildman–Crippen LogP) is 3.21. The van der Waals surface area contributed by atoms with Crippen LogP contribution in [-0.4, -0.2) is 5.75 Å². The molecule has 68 valence electrons. The van der Waals surface area contributed by atoms with Crippen molar-refractivity contribution in [2.45, 2.75) is 37.0 Å². The normalized spacial score (nSPS) is 19.7. The van der Waals surface area contributed by atoms with Gasteiger partial charge in [0.1, 0.15) is 0 Å². The van der Waals surface area contributed by atoms with Crippen molar-refractivity contribution in [1.29, 1.82) is 0 Å². The summed E-state index contributed by atoms with van der Waals surface area (Å²) in [4.78, 5) is 1.65. The molecule has 0 nitrogen and oxygen atoms in total. The molecule has 0 radical (unpaired) electrons. The molecule has 13 heavy (non-hydrogen) atoms. The molecule has 3 rings (SSSR count). The lowest BCUT2D eigenvalue weighted by atomic mass is 9.90. The van der Waals surface area contributed by atoms with Crippen LogP contribution in [0.5, 0.6) is 0 Å². The van der Waals surface area contributed by atoms with Crippen molar-refractivity contribution in [1.82, 2.24) is 0 Å². The summed E-state index contributed by atoms with van der Waals surface area (Å²) in [6.07, 6.45) is 6.77. The Morgan fingerprint density at radius 3 is 2.77 bits per heavy atom. The van der Waals surface area contributed by atoms with Gasteiger partial charge in [0.05, 0.1) is 0 Å². The van der Waals surface area contributed by atoms with Crippen LogP contribution in [0, 0.1) is 0 Å². The molecule has 1 aliphatic heterocycles. The molecule has 0 amide bonds. The maximum atomic E-state index is 2.37. The Morgan fingerprint density at radius 2 is 1.77 bits per heavy atom. The Morgan fingerprint density at radius 1 is 0.923 bits per heavy atom. The van der Waals surface area contributed by atoms with E-state index in [4.69, 9.17) is 0 Å². The molecule has 0 saturated heterocycles. The van der Waals surface area contributed by atoms with Gasteiger partial charge in [0, 0.05) is 10.6 Å². The van der Waals surface area contributed by atoms with E-state index in [-0.39, 0.29) is 0 Å². The fraction of sp³-hybridized carbons (Fsp3) is 0.500. The first-order valence-corrected chi connectivity index (χ1v) is 6.20. The molecule has 0 saturated carbocycles. The first kappa shape index (κ1) is 7.93. The molecule has 0 fully saturated rings. The summed E-state index contributed by atoms with van der Waals surface area (Å²) in [6, 6.07) is 4.73. The van der Waals surface area contributed by atoms with E-state index in [1.807, 2.05) is 0 Å². The zero-order chi connectivity index (χ0) is 8.67. The third-order valence-corrected chi connectivity index (χ3v) is 4.39. The zero-order valence-electron chi connectivity index (χ0n) is 7.81. The van der Waals surface area contributed by atoms with Crippen LogP contribution in [0.2, 0.25) is 0 Å². The summed E-state index contributed by atoms with van der Waals surface area (Å²) in [5.74, 6) is 1.31. The maximum absolute atomic E-state index is 2.37. The van der Waals surface area contributed by atoms with Crippen molar-refractivity contribution in [3.05, 3.63) is 28.8 Å². The van der Waals surface area contributed by atoms with E-state index >= 15 is 0 Å². The van der Waals surface area contributed by atoms with Gasteiger partial charge < -0.3 is 0 Å². The number of hydrogen-bond acceptors (Lipinski definition) is 1. The number of hydrogen-bond donors (Lipinski definition) is 0. The second-order valence-electron chi connectivity index (χ2n) is 4.00. The van der Waals surface area contributed by atoms with Gasteiger partial charge in [-0.05, 0) is 48.8 Å². The fourth-order valence-corrected chi connectivity index (χ4v) is 3.77. The first-order valence-electron chi connectivity index (χ1n) is 5.21. The van der Waals surface area contributed by atoms with Crippen LogP contribution in [0.1, 0.15) is 29.5 Å². The van der Waals surface area contributed by atoms with Gasteiger partial charge in [0.25, 0.3) is 0 Å². The van der Waals surface area contributed by atoms with E-state index in [1.54, 1.807) is 21.6 Å². The molecule has 1 aliphatic carbocycles. The van der Waals surface area contributed by atoms with Gasteiger partial charge >= 0.3 is 0 Å². The molecular formula is C12H14S. The van der Waals surface area contributed by atoms with Crippen molar-refractivity contribution in [2.24, 2.45) is 0 Å². The largest absolute Gasteiger partial charge is 0.125 e. The van der Waals surface area contributed by atoms with E-state index in [9.17, 15) is 0 Å². The standard InChI is InChI=1S/C12H14S/c1-2-4-11-9(3-1)5-6-10-7-8-13-12(10)11/h5-6H,1-4,7-8H2. The van der Waals surface area contributed by atoms with E-state index in [0.29, 0.717) is 0 Å². The number of thioether (sulfide) groups is 1. The van der Waals surface area contributed by atoms with Crippen LogP contribution in [0.4, 0.5) is 0 Å². The Labute approximate surface area is 83.7 Å². The summed E-state index contributed by atoms with van der Waals surface area (Å²) < 4.78 is 0. The number of benzene rings is 1. The van der Waals surface area contributed by atoms with Gasteiger partial charge in [0.15, 0.2) is 0 Å². The molecule has 0 unspecified atom stereocenters. The average molecular weight is 190 g/mol. The minimum atomic E-state index is 1.30. The Bertz CT molecular complexity index is 341. The van der Waals surface area contributed by atoms with E-state index in [2.05, 4.69) is 23.9 Å². The van der Waals surface area contributed by atoms with Crippen molar-refractivity contribution in [3.8, 4) is 0 Å². The highest BCUT2D eigenvalue weighted by atomic mass is 32.2. The highest BCUT2D eigenvalue weighted by Crippen LogP contribution is 2.38. The minimum Gasteiger partial charge on any atom is -0.125 e. The van der Waals surface area contributed by atoms with Gasteiger partial charge in [-0.25, -0.2) is 0 Å². The Balaban J connectivity index is 2.17. The average Bonchev–Trinajstić information content (AvgIpc) is 2.65. The van der Waals surface area contributed by atoms with E-state index < -0.39 is 0 Å². The second kappa shape index (κ2) is 3.06. The highest BCUT2D eigenvalue weighted by molar-refractivity contribution is 7.99. The molecule has 0 aromatic heterocycles. The van der Waals surface area contributed by atoms with Gasteiger partial charge in [-0.3, -0.25) is 0 Å². The summed E-state index contributed by atoms with van der Waals surface area (Å²) in [5.41, 5.74) is 4.95. The lowest BCUT2D eigenvalue weighted by Gasteiger charge is -2.18. The first-order chi connectivity index (χ1) is 6.45. The molecule has 0 spiro atoms. The van der Waals surface area contributed by atoms with Gasteiger partial charge in [-0.1, -0.05) is 12.1 Å². The van der Waals surface area contributed by atoms with E-state index in [0.717, 1.165) is 0 Å². The monoisotopic (exact) mass is 190 g/mol. The molecule has 1 aromatic rings. The van der Waals surface area contributed by atoms with Crippen LogP contribution in [0.3, 0.4) is 0 Å². The third-order valence-electron chi connectivity index (χ3n) is 3.18. The van der Waals surface area contributed by atoms with Crippen LogP contribution in [-0.2, 0) is 19.3 Å². The van der Waals surface area contributed by atoms with Crippen molar-refractivity contribution >= 4 is 11.8 Å². The molecule has 2 aliphatic rings. The highest BCUT2D eigenvalue weighted by Gasteiger charge is 2.19. The lowest BCUT2D eigenvalue weighted by molar-refractivity contribution is 0.674. The molecule has 0 atom stereocenters. The summed E-state index contributed by atoms with van der Waals surface area (Å²) >= 11 is 2.08. The van der Waals surface area contributed by atoms with Crippen molar-refractivity contribution < 1.29 is 0 Å². The van der Waals surface area contributed by atoms with Crippen LogP contribution in [0.25, 0.3) is 0 Å². The predicted molar refractivity (Wildman–Crippen MR) is 57.5 cm³/mol. The molecule has 1 aromatic carbocycles. The molecule has 1 heterocycles. The quantitative estimate of drug-likeness (QED) is 0.605. The van der Waals surface area contributed by atoms with Crippen LogP contribution in [0.15, 0.2) is 17.0 Å².